The van der Waals surface area contributed by atoms with Gasteiger partial charge in [-0.1, -0.05) is 6.07 Å². The number of carbonyl (C=O) groups excluding carboxylic acids is 2. The lowest BCUT2D eigenvalue weighted by Gasteiger charge is -2.13. The van der Waals surface area contributed by atoms with Crippen LogP contribution in [-0.2, 0) is 21.4 Å². The number of benzene rings is 2. The number of aromatic carboxylic acids is 1. The molecule has 0 saturated heterocycles. The maximum atomic E-state index is 13.1. The lowest BCUT2D eigenvalue weighted by molar-refractivity contribution is -0.137. The average Bonchev–Trinajstić information content (AvgIpc) is 3.58. The van der Waals surface area contributed by atoms with Gasteiger partial charge in [0, 0.05) is 11.4 Å². The van der Waals surface area contributed by atoms with Crippen molar-refractivity contribution in [3.05, 3.63) is 69.7 Å². The van der Waals surface area contributed by atoms with Gasteiger partial charge in [-0.3, -0.25) is 14.4 Å². The van der Waals surface area contributed by atoms with Crippen LogP contribution in [0.15, 0.2) is 57.8 Å². The zero-order valence-corrected chi connectivity index (χ0v) is 22.6. The highest BCUT2D eigenvalue weighted by molar-refractivity contribution is 7.89. The molecule has 4 aromatic rings. The number of carboxylic acid groups (broad SMARTS) is 2. The number of oxazole rings is 1. The summed E-state index contributed by atoms with van der Waals surface area (Å²) in [5, 5.41) is 30.4. The first-order chi connectivity index (χ1) is 19.4. The highest BCUT2D eigenvalue weighted by atomic mass is 32.2. The topological polar surface area (TPSA) is 222 Å². The number of Topliss-reactive ketones (excluding diaryl/α,β-unsaturated/α-hetero) is 1. The molecule has 0 aliphatic rings. The van der Waals surface area contributed by atoms with E-state index in [-0.39, 0.29) is 17.0 Å². The largest absolute Gasteiger partial charge is 0.507 e. The summed E-state index contributed by atoms with van der Waals surface area (Å²) >= 11 is 0.877. The number of para-hydroxylation sites is 1. The van der Waals surface area contributed by atoms with Crippen molar-refractivity contribution in [2.45, 2.75) is 23.9 Å². The molecule has 1 amide bonds. The second-order valence-corrected chi connectivity index (χ2v) is 11.3. The van der Waals surface area contributed by atoms with Crippen molar-refractivity contribution in [3.63, 3.8) is 0 Å². The lowest BCUT2D eigenvalue weighted by Crippen LogP contribution is -2.42. The minimum atomic E-state index is -4.19. The molecule has 2 aromatic carbocycles. The van der Waals surface area contributed by atoms with Gasteiger partial charge in [0.2, 0.25) is 15.8 Å². The Labute approximate surface area is 235 Å². The van der Waals surface area contributed by atoms with Gasteiger partial charge in [-0.05, 0) is 42.5 Å². The van der Waals surface area contributed by atoms with Gasteiger partial charge in [0.1, 0.15) is 22.9 Å². The van der Waals surface area contributed by atoms with Crippen molar-refractivity contribution in [2.75, 3.05) is 7.11 Å². The molecule has 4 rings (SSSR count). The molecule has 0 fully saturated rings. The second-order valence-electron chi connectivity index (χ2n) is 8.39. The smallest absolute Gasteiger partial charge is 0.339 e. The van der Waals surface area contributed by atoms with Crippen LogP contribution in [0.4, 0.5) is 0 Å². The number of sulfonamides is 1. The highest BCUT2D eigenvalue weighted by Gasteiger charge is 2.30. The van der Waals surface area contributed by atoms with E-state index in [2.05, 4.69) is 15.0 Å². The SMILES string of the molecule is COc1cccc2nc(C(=O)[C@H](CC(=O)O)NC(=O)c3ccc(CNS(=O)(=O)c4ccc(O)c(C(=O)O)c4)s3)oc12. The molecule has 5 N–H and O–H groups in total. The number of methoxy groups -OCH3 is 1. The first-order valence-corrected chi connectivity index (χ1v) is 13.8. The number of hydrogen-bond acceptors (Lipinski definition) is 11. The number of nitrogens with zero attached hydrogens (tertiary/aromatic N) is 1. The molecule has 214 valence electrons. The number of aromatic nitrogens is 1. The Balaban J connectivity index is 1.47. The van der Waals surface area contributed by atoms with E-state index >= 15 is 0 Å². The van der Waals surface area contributed by atoms with Crippen LogP contribution in [0.5, 0.6) is 11.5 Å². The summed E-state index contributed by atoms with van der Waals surface area (Å²) in [6.07, 6.45) is -0.760. The third kappa shape index (κ3) is 6.51. The van der Waals surface area contributed by atoms with Gasteiger partial charge in [0.05, 0.1) is 23.3 Å². The van der Waals surface area contributed by atoms with Gasteiger partial charge >= 0.3 is 11.9 Å². The molecule has 0 spiro atoms. The van der Waals surface area contributed by atoms with Crippen LogP contribution in [0.25, 0.3) is 11.1 Å². The van der Waals surface area contributed by atoms with Crippen molar-refractivity contribution in [2.24, 2.45) is 0 Å². The number of ether oxygens (including phenoxy) is 1. The Morgan fingerprint density at radius 1 is 1.10 bits per heavy atom. The monoisotopic (exact) mass is 603 g/mol. The molecular weight excluding hydrogens is 582 g/mol. The fourth-order valence-corrected chi connectivity index (χ4v) is 5.62. The molecule has 16 heteroatoms. The number of ketones is 1. The number of nitrogens with one attached hydrogen (secondary N) is 2. The zero-order chi connectivity index (χ0) is 29.9. The van der Waals surface area contributed by atoms with Gasteiger partial charge in [-0.15, -0.1) is 11.3 Å². The van der Waals surface area contributed by atoms with Crippen molar-refractivity contribution in [3.8, 4) is 11.5 Å². The fourth-order valence-electron chi connectivity index (χ4n) is 3.65. The van der Waals surface area contributed by atoms with E-state index in [0.717, 1.165) is 29.5 Å². The van der Waals surface area contributed by atoms with Crippen molar-refractivity contribution in [1.82, 2.24) is 15.0 Å². The van der Waals surface area contributed by atoms with Gasteiger partial charge in [0.25, 0.3) is 11.8 Å². The summed E-state index contributed by atoms with van der Waals surface area (Å²) in [7, 11) is -2.79. The first-order valence-electron chi connectivity index (χ1n) is 11.5. The summed E-state index contributed by atoms with van der Waals surface area (Å²) in [5.74, 6) is -5.25. The maximum absolute atomic E-state index is 13.1. The summed E-state index contributed by atoms with van der Waals surface area (Å²) in [6, 6.07) is 8.84. The van der Waals surface area contributed by atoms with E-state index in [0.29, 0.717) is 16.1 Å². The number of carbonyl (C=O) groups is 4. The number of aromatic hydroxyl groups is 1. The zero-order valence-electron chi connectivity index (χ0n) is 21.0. The van der Waals surface area contributed by atoms with Crippen molar-refractivity contribution < 1.29 is 52.1 Å². The predicted molar refractivity (Wildman–Crippen MR) is 142 cm³/mol. The van der Waals surface area contributed by atoms with Gasteiger partial charge in [0.15, 0.2) is 11.3 Å². The van der Waals surface area contributed by atoms with E-state index in [9.17, 15) is 37.8 Å². The number of fused-ring (bicyclic) bond motifs is 1. The summed E-state index contributed by atoms with van der Waals surface area (Å²) < 4.78 is 38.2. The van der Waals surface area contributed by atoms with Gasteiger partial charge in [-0.2, -0.15) is 0 Å². The summed E-state index contributed by atoms with van der Waals surface area (Å²) in [6.45, 7) is -0.272. The van der Waals surface area contributed by atoms with E-state index in [1.165, 1.54) is 19.2 Å². The van der Waals surface area contributed by atoms with Gasteiger partial charge < -0.3 is 29.8 Å². The van der Waals surface area contributed by atoms with E-state index in [1.54, 1.807) is 18.2 Å². The number of aliphatic carboxylic acids is 1. The molecule has 41 heavy (non-hydrogen) atoms. The van der Waals surface area contributed by atoms with Crippen molar-refractivity contribution >= 4 is 56.1 Å². The quantitative estimate of drug-likeness (QED) is 0.147. The standard InChI is InChI=1S/C25H21N3O11S2/c1-38-18-4-2-3-15-22(18)39-24(28-15)21(32)16(10-20(30)31)27-23(33)19-8-5-12(40-19)11-26-41(36,37)13-6-7-17(29)14(9-13)25(34)35/h2-9,16,26,29H,10-11H2,1H3,(H,27,33)(H,30,31)(H,34,35)/t16-/m0/s1. The molecular formula is C25H21N3O11S2. The fraction of sp³-hybridized carbons (Fsp3) is 0.160. The molecule has 0 aliphatic carbocycles. The van der Waals surface area contributed by atoms with Crippen LogP contribution < -0.4 is 14.8 Å². The molecule has 0 saturated carbocycles. The molecule has 0 aliphatic heterocycles. The van der Waals surface area contributed by atoms with Crippen LogP contribution in [0, 0.1) is 0 Å². The Morgan fingerprint density at radius 3 is 2.54 bits per heavy atom. The minimum Gasteiger partial charge on any atom is -0.507 e. The first kappa shape index (κ1) is 29.2. The molecule has 1 atom stereocenters. The minimum absolute atomic E-state index is 0.0550. The highest BCUT2D eigenvalue weighted by Crippen LogP contribution is 2.27. The molecule has 2 aromatic heterocycles. The Kier molecular flexibility index (Phi) is 8.36. The van der Waals surface area contributed by atoms with E-state index in [1.807, 2.05) is 0 Å². The third-order valence-electron chi connectivity index (χ3n) is 5.64. The Morgan fingerprint density at radius 2 is 1.85 bits per heavy atom. The Bertz CT molecular complexity index is 1780. The normalized spacial score (nSPS) is 12.1. The second kappa shape index (κ2) is 11.7. The molecule has 2 heterocycles. The van der Waals surface area contributed by atoms with Crippen LogP contribution in [0.1, 0.15) is 42.0 Å². The average molecular weight is 604 g/mol. The van der Waals surface area contributed by atoms with E-state index in [4.69, 9.17) is 14.3 Å². The molecule has 0 radical (unpaired) electrons. The maximum Gasteiger partial charge on any atom is 0.339 e. The van der Waals surface area contributed by atoms with Gasteiger partial charge in [-0.25, -0.2) is 22.9 Å². The molecule has 14 nitrogen and oxygen atoms in total. The number of carboxylic acids is 2. The number of thiophene rings is 1. The van der Waals surface area contributed by atoms with E-state index < -0.39 is 68.2 Å². The predicted octanol–water partition coefficient (Wildman–Crippen LogP) is 2.24. The summed E-state index contributed by atoms with van der Waals surface area (Å²) in [5.41, 5.74) is -0.120. The van der Waals surface area contributed by atoms with Crippen molar-refractivity contribution in [1.29, 1.82) is 0 Å². The number of rotatable bonds is 12. The Hall–Kier alpha value is -4.80. The number of amides is 1. The summed E-state index contributed by atoms with van der Waals surface area (Å²) in [4.78, 5) is 52.7. The third-order valence-corrected chi connectivity index (χ3v) is 8.12. The molecule has 0 bridgehead atoms. The van der Waals surface area contributed by atoms with Crippen LogP contribution >= 0.6 is 11.3 Å². The van der Waals surface area contributed by atoms with Crippen LogP contribution in [0.2, 0.25) is 0 Å². The van der Waals surface area contributed by atoms with Crippen LogP contribution in [0.3, 0.4) is 0 Å². The lowest BCUT2D eigenvalue weighted by atomic mass is 10.1. The van der Waals surface area contributed by atoms with Crippen LogP contribution in [-0.4, -0.2) is 65.5 Å². The number of hydrogen-bond donors (Lipinski definition) is 5. The number of phenols is 1. The molecule has 0 unspecified atom stereocenters.